The zero-order valence-corrected chi connectivity index (χ0v) is 11.0. The number of rotatable bonds is 6. The van der Waals surface area contributed by atoms with Crippen LogP contribution in [0.5, 0.6) is 0 Å². The van der Waals surface area contributed by atoms with E-state index < -0.39 is 24.7 Å². The average Bonchev–Trinajstić information content (AvgIpc) is 2.73. The highest BCUT2D eigenvalue weighted by molar-refractivity contribution is 7.13. The molecule has 0 bridgehead atoms. The summed E-state index contributed by atoms with van der Waals surface area (Å²) in [5.74, 6) is -0.912. The van der Waals surface area contributed by atoms with E-state index in [1.165, 1.54) is 0 Å². The maximum absolute atomic E-state index is 11.9. The van der Waals surface area contributed by atoms with Crippen molar-refractivity contribution in [2.75, 3.05) is 11.9 Å². The van der Waals surface area contributed by atoms with E-state index in [4.69, 9.17) is 5.11 Å². The fraction of sp³-hybridized carbons (Fsp3) is 0.500. The van der Waals surface area contributed by atoms with Gasteiger partial charge in [-0.3, -0.25) is 10.1 Å². The highest BCUT2D eigenvalue weighted by Crippen LogP contribution is 2.17. The molecule has 1 aromatic heterocycles. The van der Waals surface area contributed by atoms with Crippen molar-refractivity contribution in [2.24, 2.45) is 0 Å². The van der Waals surface area contributed by atoms with E-state index in [1.807, 2.05) is 0 Å². The van der Waals surface area contributed by atoms with Gasteiger partial charge in [0.2, 0.25) is 0 Å². The molecule has 0 saturated carbocycles. The van der Waals surface area contributed by atoms with E-state index in [2.05, 4.69) is 10.3 Å². The number of halogens is 3. The summed E-state index contributed by atoms with van der Waals surface area (Å²) in [5, 5.41) is 14.1. The molecule has 0 aliphatic carbocycles. The van der Waals surface area contributed by atoms with Gasteiger partial charge in [-0.05, 0) is 12.8 Å². The topological polar surface area (TPSA) is 91.3 Å². The summed E-state index contributed by atoms with van der Waals surface area (Å²) >= 11 is 1.06. The first-order chi connectivity index (χ1) is 9.26. The minimum absolute atomic E-state index is 0.00631. The van der Waals surface area contributed by atoms with Gasteiger partial charge >= 0.3 is 18.2 Å². The van der Waals surface area contributed by atoms with Crippen molar-refractivity contribution < 1.29 is 27.9 Å². The Kier molecular flexibility index (Phi) is 5.74. The van der Waals surface area contributed by atoms with Crippen molar-refractivity contribution in [1.82, 2.24) is 10.3 Å². The average molecular weight is 311 g/mol. The number of carbonyl (C=O) groups is 2. The number of carbonyl (C=O) groups excluding carboxylic acids is 1. The number of aromatic nitrogens is 1. The first kappa shape index (κ1) is 16.2. The summed E-state index contributed by atoms with van der Waals surface area (Å²) in [6.45, 7) is -1.42. The zero-order chi connectivity index (χ0) is 15.2. The van der Waals surface area contributed by atoms with E-state index in [9.17, 15) is 22.8 Å². The number of hydrogen-bond acceptors (Lipinski definition) is 4. The number of nitrogens with one attached hydrogen (secondary N) is 2. The lowest BCUT2D eigenvalue weighted by Gasteiger charge is -2.07. The van der Waals surface area contributed by atoms with Crippen LogP contribution in [0.25, 0.3) is 0 Å². The standard InChI is InChI=1S/C10H12F3N3O3S/c11-10(12,13)5-14-8(19)16-9-15-6(4-20-9)2-1-3-7(17)18/h4H,1-3,5H2,(H,17,18)(H2,14,15,16,19). The molecule has 0 aliphatic heterocycles. The normalized spacial score (nSPS) is 11.2. The number of aryl methyl sites for hydroxylation is 1. The minimum Gasteiger partial charge on any atom is -0.481 e. The van der Waals surface area contributed by atoms with Crippen LogP contribution in [0.1, 0.15) is 18.5 Å². The fourth-order valence-corrected chi connectivity index (χ4v) is 1.96. The number of amides is 2. The van der Waals surface area contributed by atoms with Gasteiger partial charge in [0.25, 0.3) is 0 Å². The van der Waals surface area contributed by atoms with Crippen molar-refractivity contribution in [3.05, 3.63) is 11.1 Å². The number of hydrogen-bond donors (Lipinski definition) is 3. The smallest absolute Gasteiger partial charge is 0.405 e. The predicted molar refractivity (Wildman–Crippen MR) is 65.8 cm³/mol. The SMILES string of the molecule is O=C(O)CCCc1csc(NC(=O)NCC(F)(F)F)n1. The monoisotopic (exact) mass is 311 g/mol. The first-order valence-electron chi connectivity index (χ1n) is 5.54. The number of carboxylic acid groups (broad SMARTS) is 1. The molecule has 3 N–H and O–H groups in total. The van der Waals surface area contributed by atoms with Crippen molar-refractivity contribution in [3.63, 3.8) is 0 Å². The van der Waals surface area contributed by atoms with Crippen molar-refractivity contribution in [3.8, 4) is 0 Å². The molecule has 10 heteroatoms. The van der Waals surface area contributed by atoms with E-state index in [0.29, 0.717) is 18.5 Å². The minimum atomic E-state index is -4.47. The predicted octanol–water partition coefficient (Wildman–Crippen LogP) is 2.23. The fourth-order valence-electron chi connectivity index (χ4n) is 1.22. The maximum atomic E-state index is 11.9. The number of nitrogens with zero attached hydrogens (tertiary/aromatic N) is 1. The molecule has 0 aliphatic rings. The Morgan fingerprint density at radius 2 is 2.10 bits per heavy atom. The van der Waals surface area contributed by atoms with Crippen LogP contribution < -0.4 is 10.6 Å². The third-order valence-corrected chi connectivity index (χ3v) is 2.85. The second-order valence-corrected chi connectivity index (χ2v) is 4.67. The van der Waals surface area contributed by atoms with Crippen LogP contribution in [0.3, 0.4) is 0 Å². The van der Waals surface area contributed by atoms with Crippen LogP contribution in [0, 0.1) is 0 Å². The Hall–Kier alpha value is -1.84. The molecule has 1 rings (SSSR count). The number of anilines is 1. The Labute approximate surface area is 116 Å². The molecular weight excluding hydrogens is 299 g/mol. The molecular formula is C10H12F3N3O3S. The van der Waals surface area contributed by atoms with Gasteiger partial charge in [0.1, 0.15) is 6.54 Å². The van der Waals surface area contributed by atoms with E-state index in [1.54, 1.807) is 10.7 Å². The number of carboxylic acids is 1. The third-order valence-electron chi connectivity index (χ3n) is 2.05. The van der Waals surface area contributed by atoms with Crippen LogP contribution in [-0.4, -0.2) is 34.8 Å². The summed E-state index contributed by atoms with van der Waals surface area (Å²) in [6.07, 6.45) is -3.64. The highest BCUT2D eigenvalue weighted by atomic mass is 32.1. The third kappa shape index (κ3) is 6.92. The summed E-state index contributed by atoms with van der Waals surface area (Å²) < 4.78 is 35.6. The second-order valence-electron chi connectivity index (χ2n) is 3.81. The van der Waals surface area contributed by atoms with Gasteiger partial charge in [-0.2, -0.15) is 13.2 Å². The molecule has 0 aromatic carbocycles. The van der Waals surface area contributed by atoms with Gasteiger partial charge < -0.3 is 10.4 Å². The summed E-state index contributed by atoms with van der Waals surface area (Å²) in [4.78, 5) is 25.4. The Bertz CT molecular complexity index is 476. The summed E-state index contributed by atoms with van der Waals surface area (Å²) in [6, 6.07) is -0.992. The lowest BCUT2D eigenvalue weighted by molar-refractivity contribution is -0.137. The van der Waals surface area contributed by atoms with Crippen LogP contribution in [-0.2, 0) is 11.2 Å². The molecule has 0 atom stereocenters. The molecule has 112 valence electrons. The van der Waals surface area contributed by atoms with Crippen LogP contribution in [0.4, 0.5) is 23.1 Å². The maximum Gasteiger partial charge on any atom is 0.405 e. The Balaban J connectivity index is 2.36. The number of aliphatic carboxylic acids is 1. The molecule has 0 radical (unpaired) electrons. The molecule has 2 amide bonds. The molecule has 0 saturated heterocycles. The molecule has 6 nitrogen and oxygen atoms in total. The van der Waals surface area contributed by atoms with Crippen molar-refractivity contribution in [1.29, 1.82) is 0 Å². The van der Waals surface area contributed by atoms with Crippen molar-refractivity contribution in [2.45, 2.75) is 25.4 Å². The van der Waals surface area contributed by atoms with Gasteiger partial charge in [0.05, 0.1) is 5.69 Å². The number of alkyl halides is 3. The Morgan fingerprint density at radius 1 is 1.40 bits per heavy atom. The number of thiazole rings is 1. The van der Waals surface area contributed by atoms with Gasteiger partial charge in [0, 0.05) is 11.8 Å². The molecule has 0 fully saturated rings. The van der Waals surface area contributed by atoms with E-state index in [-0.39, 0.29) is 11.6 Å². The highest BCUT2D eigenvalue weighted by Gasteiger charge is 2.27. The molecule has 0 spiro atoms. The number of urea groups is 1. The molecule has 1 aromatic rings. The molecule has 1 heterocycles. The van der Waals surface area contributed by atoms with Crippen LogP contribution in [0.2, 0.25) is 0 Å². The Morgan fingerprint density at radius 3 is 2.70 bits per heavy atom. The van der Waals surface area contributed by atoms with Gasteiger partial charge in [-0.15, -0.1) is 11.3 Å². The lowest BCUT2D eigenvalue weighted by Crippen LogP contribution is -2.36. The molecule has 0 unspecified atom stereocenters. The first-order valence-corrected chi connectivity index (χ1v) is 6.42. The van der Waals surface area contributed by atoms with Crippen LogP contribution >= 0.6 is 11.3 Å². The second kappa shape index (κ2) is 7.08. The van der Waals surface area contributed by atoms with E-state index >= 15 is 0 Å². The van der Waals surface area contributed by atoms with Crippen molar-refractivity contribution >= 4 is 28.5 Å². The van der Waals surface area contributed by atoms with Gasteiger partial charge in [-0.1, -0.05) is 0 Å². The summed E-state index contributed by atoms with van der Waals surface area (Å²) in [5.41, 5.74) is 0.586. The molecule has 20 heavy (non-hydrogen) atoms. The quantitative estimate of drug-likeness (QED) is 0.751. The zero-order valence-electron chi connectivity index (χ0n) is 10.2. The van der Waals surface area contributed by atoms with Gasteiger partial charge in [-0.25, -0.2) is 9.78 Å². The van der Waals surface area contributed by atoms with E-state index in [0.717, 1.165) is 11.3 Å². The van der Waals surface area contributed by atoms with Gasteiger partial charge in [0.15, 0.2) is 5.13 Å². The van der Waals surface area contributed by atoms with Crippen LogP contribution in [0.15, 0.2) is 5.38 Å². The lowest BCUT2D eigenvalue weighted by atomic mass is 10.2. The summed E-state index contributed by atoms with van der Waals surface area (Å²) in [7, 11) is 0. The largest absolute Gasteiger partial charge is 0.481 e.